The van der Waals surface area contributed by atoms with Crippen molar-refractivity contribution in [1.82, 2.24) is 0 Å². The van der Waals surface area contributed by atoms with Crippen LogP contribution in [0.5, 0.6) is 0 Å². The molecule has 3 heteroatoms. The Balaban J connectivity index is 1.86. The van der Waals surface area contributed by atoms with Gasteiger partial charge in [0, 0.05) is 5.92 Å². The molecule has 0 amide bonds. The quantitative estimate of drug-likeness (QED) is 0.776. The van der Waals surface area contributed by atoms with Crippen molar-refractivity contribution in [2.45, 2.75) is 43.7 Å². The highest BCUT2D eigenvalue weighted by molar-refractivity contribution is 5.20. The summed E-state index contributed by atoms with van der Waals surface area (Å²) in [6.45, 7) is 0. The number of ether oxygens (including phenoxy) is 1. The average Bonchev–Trinajstić information content (AvgIpc) is 2.83. The van der Waals surface area contributed by atoms with E-state index in [1.165, 1.54) is 0 Å². The van der Waals surface area contributed by atoms with Crippen molar-refractivity contribution in [3.8, 4) is 0 Å². The lowest BCUT2D eigenvalue weighted by molar-refractivity contribution is -0.193. The van der Waals surface area contributed by atoms with E-state index in [4.69, 9.17) is 4.74 Å². The zero-order valence-electron chi connectivity index (χ0n) is 9.70. The fourth-order valence-electron chi connectivity index (χ4n) is 3.13. The molecule has 1 saturated carbocycles. The van der Waals surface area contributed by atoms with Crippen LogP contribution in [0.2, 0.25) is 0 Å². The third kappa shape index (κ3) is 1.88. The molecule has 0 spiro atoms. The van der Waals surface area contributed by atoms with Crippen molar-refractivity contribution in [1.29, 1.82) is 0 Å². The van der Waals surface area contributed by atoms with E-state index in [0.717, 1.165) is 24.8 Å². The standard InChI is InChI=1S/C14H18O3/c15-12-10-7-4-8-11(10)17-14(13(12)16)9-5-2-1-3-6-9/h1-3,5-6,10-16H,4,7-8H2/t10-,11-,12+,13-,14+/m0/s1. The summed E-state index contributed by atoms with van der Waals surface area (Å²) in [7, 11) is 0. The molecule has 3 nitrogen and oxygen atoms in total. The Morgan fingerprint density at radius 2 is 1.76 bits per heavy atom. The van der Waals surface area contributed by atoms with Gasteiger partial charge in [-0.15, -0.1) is 0 Å². The van der Waals surface area contributed by atoms with Gasteiger partial charge in [0.25, 0.3) is 0 Å². The van der Waals surface area contributed by atoms with Crippen LogP contribution in [0.1, 0.15) is 30.9 Å². The van der Waals surface area contributed by atoms with Gasteiger partial charge in [-0.05, 0) is 18.4 Å². The van der Waals surface area contributed by atoms with Gasteiger partial charge in [-0.2, -0.15) is 0 Å². The lowest BCUT2D eigenvalue weighted by Gasteiger charge is -2.40. The predicted octanol–water partition coefficient (Wildman–Crippen LogP) is 1.65. The molecule has 1 aromatic rings. The molecule has 2 N–H and O–H groups in total. The molecule has 17 heavy (non-hydrogen) atoms. The minimum Gasteiger partial charge on any atom is -0.390 e. The maximum atomic E-state index is 10.2. The van der Waals surface area contributed by atoms with E-state index in [1.54, 1.807) is 0 Å². The first-order chi connectivity index (χ1) is 8.27. The summed E-state index contributed by atoms with van der Waals surface area (Å²) in [5, 5.41) is 20.3. The summed E-state index contributed by atoms with van der Waals surface area (Å²) in [5.41, 5.74) is 0.949. The SMILES string of the molecule is O[C@H]1[C@H](O)[C@@H](c2ccccc2)O[C@H]2CCC[C@H]12. The first-order valence-corrected chi connectivity index (χ1v) is 6.34. The summed E-state index contributed by atoms with van der Waals surface area (Å²) < 4.78 is 5.97. The highest BCUT2D eigenvalue weighted by Gasteiger charge is 2.46. The van der Waals surface area contributed by atoms with Crippen LogP contribution in [-0.2, 0) is 4.74 Å². The van der Waals surface area contributed by atoms with Crippen LogP contribution >= 0.6 is 0 Å². The lowest BCUT2D eigenvalue weighted by atomic mass is 9.86. The zero-order chi connectivity index (χ0) is 11.8. The molecule has 2 aliphatic rings. The van der Waals surface area contributed by atoms with Crippen LogP contribution in [-0.4, -0.2) is 28.5 Å². The van der Waals surface area contributed by atoms with Crippen molar-refractivity contribution < 1.29 is 14.9 Å². The van der Waals surface area contributed by atoms with Crippen LogP contribution in [0.4, 0.5) is 0 Å². The number of benzene rings is 1. The summed E-state index contributed by atoms with van der Waals surface area (Å²) in [6, 6.07) is 9.68. The van der Waals surface area contributed by atoms with E-state index < -0.39 is 12.2 Å². The van der Waals surface area contributed by atoms with E-state index in [-0.39, 0.29) is 18.1 Å². The van der Waals surface area contributed by atoms with Crippen LogP contribution < -0.4 is 0 Å². The molecular formula is C14H18O3. The fraction of sp³-hybridized carbons (Fsp3) is 0.571. The molecule has 1 heterocycles. The first-order valence-electron chi connectivity index (χ1n) is 6.34. The Morgan fingerprint density at radius 3 is 2.53 bits per heavy atom. The minimum atomic E-state index is -0.809. The van der Waals surface area contributed by atoms with E-state index in [9.17, 15) is 10.2 Å². The number of rotatable bonds is 1. The molecule has 3 rings (SSSR count). The molecule has 1 saturated heterocycles. The largest absolute Gasteiger partial charge is 0.390 e. The van der Waals surface area contributed by atoms with E-state index in [0.29, 0.717) is 0 Å². The Labute approximate surface area is 101 Å². The van der Waals surface area contributed by atoms with Crippen LogP contribution in [0, 0.1) is 5.92 Å². The number of hydrogen-bond acceptors (Lipinski definition) is 3. The second-order valence-electron chi connectivity index (χ2n) is 5.08. The molecular weight excluding hydrogens is 216 g/mol. The number of hydrogen-bond donors (Lipinski definition) is 2. The molecule has 5 atom stereocenters. The van der Waals surface area contributed by atoms with Gasteiger partial charge in [-0.3, -0.25) is 0 Å². The molecule has 1 aliphatic carbocycles. The zero-order valence-corrected chi connectivity index (χ0v) is 9.70. The molecule has 2 fully saturated rings. The monoisotopic (exact) mass is 234 g/mol. The van der Waals surface area contributed by atoms with Crippen LogP contribution in [0.25, 0.3) is 0 Å². The van der Waals surface area contributed by atoms with Gasteiger partial charge in [-0.1, -0.05) is 36.8 Å². The summed E-state index contributed by atoms with van der Waals surface area (Å²) >= 11 is 0. The maximum absolute atomic E-state index is 10.2. The fourth-order valence-corrected chi connectivity index (χ4v) is 3.13. The Kier molecular flexibility index (Phi) is 2.90. The van der Waals surface area contributed by atoms with Gasteiger partial charge in [0.15, 0.2) is 0 Å². The average molecular weight is 234 g/mol. The summed E-state index contributed by atoms with van der Waals surface area (Å²) in [6.07, 6.45) is 1.31. The number of aliphatic hydroxyl groups excluding tert-OH is 2. The van der Waals surface area contributed by atoms with Crippen molar-refractivity contribution in [3.63, 3.8) is 0 Å². The molecule has 1 aromatic carbocycles. The third-order valence-corrected chi connectivity index (χ3v) is 4.05. The molecule has 1 aliphatic heterocycles. The van der Waals surface area contributed by atoms with Gasteiger partial charge < -0.3 is 14.9 Å². The third-order valence-electron chi connectivity index (χ3n) is 4.05. The number of fused-ring (bicyclic) bond motifs is 1. The summed E-state index contributed by atoms with van der Waals surface area (Å²) in [5.74, 6) is 0.116. The Hall–Kier alpha value is -0.900. The van der Waals surface area contributed by atoms with Gasteiger partial charge in [0.1, 0.15) is 12.2 Å². The number of aliphatic hydroxyl groups is 2. The normalized spacial score (nSPS) is 41.2. The lowest BCUT2D eigenvalue weighted by Crippen LogP contribution is -2.48. The van der Waals surface area contributed by atoms with Crippen molar-refractivity contribution in [3.05, 3.63) is 35.9 Å². The van der Waals surface area contributed by atoms with E-state index >= 15 is 0 Å². The molecule has 0 unspecified atom stereocenters. The predicted molar refractivity (Wildman–Crippen MR) is 63.4 cm³/mol. The van der Waals surface area contributed by atoms with E-state index in [1.807, 2.05) is 30.3 Å². The minimum absolute atomic E-state index is 0.110. The smallest absolute Gasteiger partial charge is 0.111 e. The van der Waals surface area contributed by atoms with Gasteiger partial charge >= 0.3 is 0 Å². The van der Waals surface area contributed by atoms with Crippen molar-refractivity contribution >= 4 is 0 Å². The second-order valence-corrected chi connectivity index (χ2v) is 5.08. The molecule has 92 valence electrons. The van der Waals surface area contributed by atoms with Gasteiger partial charge in [0.05, 0.1) is 12.2 Å². The second kappa shape index (κ2) is 4.41. The van der Waals surface area contributed by atoms with Gasteiger partial charge in [0.2, 0.25) is 0 Å². The van der Waals surface area contributed by atoms with E-state index in [2.05, 4.69) is 0 Å². The molecule has 0 radical (unpaired) electrons. The van der Waals surface area contributed by atoms with Crippen LogP contribution in [0.15, 0.2) is 30.3 Å². The highest BCUT2D eigenvalue weighted by atomic mass is 16.5. The van der Waals surface area contributed by atoms with Crippen molar-refractivity contribution in [2.24, 2.45) is 5.92 Å². The molecule has 0 aromatic heterocycles. The topological polar surface area (TPSA) is 49.7 Å². The first kappa shape index (κ1) is 11.2. The van der Waals surface area contributed by atoms with Crippen LogP contribution in [0.3, 0.4) is 0 Å². The van der Waals surface area contributed by atoms with Crippen molar-refractivity contribution in [2.75, 3.05) is 0 Å². The summed E-state index contributed by atoms with van der Waals surface area (Å²) in [4.78, 5) is 0. The maximum Gasteiger partial charge on any atom is 0.111 e. The Morgan fingerprint density at radius 1 is 1.00 bits per heavy atom. The highest BCUT2D eigenvalue weighted by Crippen LogP contribution is 2.42. The molecule has 0 bridgehead atoms. The Bertz CT molecular complexity index is 378. The van der Waals surface area contributed by atoms with Gasteiger partial charge in [-0.25, -0.2) is 0 Å².